The normalized spacial score (nSPS) is 11.9. The van der Waals surface area contributed by atoms with E-state index in [-0.39, 0.29) is 17.2 Å². The van der Waals surface area contributed by atoms with E-state index in [4.69, 9.17) is 14.4 Å². The van der Waals surface area contributed by atoms with Crippen LogP contribution in [-0.4, -0.2) is 28.0 Å². The molecule has 0 spiro atoms. The molecule has 0 saturated heterocycles. The van der Waals surface area contributed by atoms with Crippen LogP contribution < -0.4 is 10.6 Å². The lowest BCUT2D eigenvalue weighted by molar-refractivity contribution is 0.999. The van der Waals surface area contributed by atoms with Crippen molar-refractivity contribution in [2.45, 2.75) is 13.8 Å². The zero-order valence-corrected chi connectivity index (χ0v) is 8.28. The number of aromatic nitrogens is 3. The predicted octanol–water partition coefficient (Wildman–Crippen LogP) is 1.39. The summed E-state index contributed by atoms with van der Waals surface area (Å²) in [5, 5.41) is 2.16. The van der Waals surface area contributed by atoms with Crippen molar-refractivity contribution in [1.82, 2.24) is 15.0 Å². The van der Waals surface area contributed by atoms with Gasteiger partial charge in [0.05, 0.1) is 0 Å². The smallest absolute Gasteiger partial charge is 0.228 e. The Labute approximate surface area is 84.9 Å². The molecular weight excluding hydrogens is 190 g/mol. The van der Waals surface area contributed by atoms with Gasteiger partial charge in [0.15, 0.2) is 2.82 Å². The van der Waals surface area contributed by atoms with Crippen LogP contribution in [0.4, 0.5) is 11.9 Å². The van der Waals surface area contributed by atoms with Crippen LogP contribution in [0, 0.1) is 0 Å². The van der Waals surface area contributed by atoms with E-state index >= 15 is 0 Å². The summed E-state index contributed by atoms with van der Waals surface area (Å²) in [7, 11) is 0. The van der Waals surface area contributed by atoms with Gasteiger partial charge < -0.3 is 10.6 Å². The fourth-order valence-corrected chi connectivity index (χ4v) is 0.905. The molecule has 0 aromatic carbocycles. The minimum absolute atomic E-state index is 0.00796. The molecule has 72 valence electrons. The van der Waals surface area contributed by atoms with Crippen LogP contribution in [0.25, 0.3) is 0 Å². The maximum atomic E-state index is 7.50. The van der Waals surface area contributed by atoms with Gasteiger partial charge in [0, 0.05) is 13.1 Å². The Kier molecular flexibility index (Phi) is 2.71. The molecule has 5 nitrogen and oxygen atoms in total. The molecule has 0 aliphatic heterocycles. The zero-order chi connectivity index (χ0) is 11.4. The minimum atomic E-state index is -0.00796. The Balaban J connectivity index is 3.04. The summed E-state index contributed by atoms with van der Waals surface area (Å²) >= 11 is 5.67. The Morgan fingerprint density at radius 2 is 1.62 bits per heavy atom. The highest BCUT2D eigenvalue weighted by Gasteiger charge is 2.01. The van der Waals surface area contributed by atoms with Crippen molar-refractivity contribution in [3.63, 3.8) is 0 Å². The third kappa shape index (κ3) is 3.02. The molecule has 0 aliphatic carbocycles. The van der Waals surface area contributed by atoms with Crippen molar-refractivity contribution < 1.29 is 2.82 Å². The highest BCUT2D eigenvalue weighted by molar-refractivity contribution is 6.28. The molecular formula is C7H12ClN5. The maximum absolute atomic E-state index is 7.50. The van der Waals surface area contributed by atoms with E-state index in [1.165, 1.54) is 0 Å². The second kappa shape index (κ2) is 4.81. The molecule has 0 saturated carbocycles. The summed E-state index contributed by atoms with van der Waals surface area (Å²) in [6.07, 6.45) is 0. The van der Waals surface area contributed by atoms with Crippen LogP contribution in [0.5, 0.6) is 0 Å². The quantitative estimate of drug-likeness (QED) is 0.775. The summed E-state index contributed by atoms with van der Waals surface area (Å²) in [6.45, 7) is 4.46. The van der Waals surface area contributed by atoms with Gasteiger partial charge in [-0.05, 0) is 25.4 Å². The van der Waals surface area contributed by atoms with Gasteiger partial charge in [0.25, 0.3) is 0 Å². The van der Waals surface area contributed by atoms with E-state index in [1.807, 2.05) is 0 Å². The van der Waals surface area contributed by atoms with Gasteiger partial charge in [-0.25, -0.2) is 0 Å². The summed E-state index contributed by atoms with van der Waals surface area (Å²) in [5.74, 6) is 0.302. The van der Waals surface area contributed by atoms with E-state index in [9.17, 15) is 0 Å². The van der Waals surface area contributed by atoms with E-state index in [0.29, 0.717) is 13.1 Å². The predicted molar refractivity (Wildman–Crippen MR) is 53.2 cm³/mol. The standard InChI is InChI=1S/C7H12ClN5/c1-3-9-6-11-5(8)12-7(13-6)10-4-2/h3-4H2,1-2H3,(H2,9,10,11,12,13)/i/hD2. The number of rotatable bonds is 4. The summed E-state index contributed by atoms with van der Waals surface area (Å²) in [4.78, 5) is 11.5. The Morgan fingerprint density at radius 1 is 1.15 bits per heavy atom. The highest BCUT2D eigenvalue weighted by Crippen LogP contribution is 2.08. The lowest BCUT2D eigenvalue weighted by Gasteiger charge is -2.04. The average Bonchev–Trinajstić information content (AvgIpc) is 2.26. The molecule has 1 heterocycles. The van der Waals surface area contributed by atoms with Crippen molar-refractivity contribution in [3.05, 3.63) is 5.28 Å². The molecule has 0 amide bonds. The largest absolute Gasteiger partial charge is 0.354 e. The molecule has 0 atom stereocenters. The molecule has 1 rings (SSSR count). The first-order valence-electron chi connectivity index (χ1n) is 4.92. The molecule has 6 heteroatoms. The average molecular weight is 204 g/mol. The molecule has 2 N–H and O–H groups in total. The highest BCUT2D eigenvalue weighted by atomic mass is 35.5. The van der Waals surface area contributed by atoms with Gasteiger partial charge in [-0.3, -0.25) is 0 Å². The van der Waals surface area contributed by atoms with Crippen LogP contribution in [0.1, 0.15) is 13.8 Å². The molecule has 0 fully saturated rings. The first-order chi connectivity index (χ1) is 7.08. The van der Waals surface area contributed by atoms with E-state index < -0.39 is 0 Å². The summed E-state index contributed by atoms with van der Waals surface area (Å²) in [6, 6.07) is 0. The molecule has 0 aliphatic rings. The number of nitrogens with zero attached hydrogens (tertiary/aromatic N) is 3. The van der Waals surface area contributed by atoms with Crippen LogP contribution in [0.3, 0.4) is 0 Å². The Bertz CT molecular complexity index is 309. The lowest BCUT2D eigenvalue weighted by Crippen LogP contribution is -2.08. The topological polar surface area (TPSA) is 62.7 Å². The lowest BCUT2D eigenvalue weighted by atomic mass is 10.7. The molecule has 13 heavy (non-hydrogen) atoms. The van der Waals surface area contributed by atoms with Crippen molar-refractivity contribution in [1.29, 1.82) is 0 Å². The van der Waals surface area contributed by atoms with Gasteiger partial charge in [-0.15, -0.1) is 0 Å². The second-order valence-corrected chi connectivity index (χ2v) is 2.49. The Hall–Kier alpha value is -1.10. The number of hydrogen-bond acceptors (Lipinski definition) is 5. The van der Waals surface area contributed by atoms with E-state index in [0.717, 1.165) is 10.6 Å². The first-order valence-corrected chi connectivity index (χ1v) is 4.40. The van der Waals surface area contributed by atoms with Gasteiger partial charge in [0.2, 0.25) is 17.2 Å². The molecule has 1 aromatic heterocycles. The van der Waals surface area contributed by atoms with Crippen LogP contribution >= 0.6 is 11.6 Å². The first kappa shape index (κ1) is 7.32. The van der Waals surface area contributed by atoms with E-state index in [2.05, 4.69) is 15.0 Å². The molecule has 0 bridgehead atoms. The number of hydrogen-bond donors (Lipinski definition) is 2. The van der Waals surface area contributed by atoms with Crippen molar-refractivity contribution in [2.24, 2.45) is 0 Å². The number of anilines is 2. The fourth-order valence-electron chi connectivity index (χ4n) is 0.754. The molecule has 0 unspecified atom stereocenters. The van der Waals surface area contributed by atoms with Crippen LogP contribution in [0.15, 0.2) is 0 Å². The molecule has 1 aromatic rings. The summed E-state index contributed by atoms with van der Waals surface area (Å²) in [5.41, 5.74) is 0. The monoisotopic (exact) mass is 203 g/mol. The zero-order valence-electron chi connectivity index (χ0n) is 9.53. The van der Waals surface area contributed by atoms with Crippen molar-refractivity contribution in [3.8, 4) is 0 Å². The minimum Gasteiger partial charge on any atom is -0.354 e. The van der Waals surface area contributed by atoms with Gasteiger partial charge in [-0.2, -0.15) is 15.0 Å². The van der Waals surface area contributed by atoms with Gasteiger partial charge in [0.1, 0.15) is 0 Å². The van der Waals surface area contributed by atoms with Gasteiger partial charge in [-0.1, -0.05) is 0 Å². The van der Waals surface area contributed by atoms with Crippen molar-refractivity contribution >= 4 is 23.5 Å². The number of nitrogens with one attached hydrogen (secondary N) is 2. The summed E-state index contributed by atoms with van der Waals surface area (Å²) < 4.78 is 15.0. The maximum Gasteiger partial charge on any atom is 0.228 e. The van der Waals surface area contributed by atoms with Gasteiger partial charge >= 0.3 is 0 Å². The third-order valence-electron chi connectivity index (χ3n) is 1.18. The van der Waals surface area contributed by atoms with E-state index in [1.54, 1.807) is 13.8 Å². The molecule has 0 radical (unpaired) electrons. The van der Waals surface area contributed by atoms with Crippen LogP contribution in [-0.2, 0) is 0 Å². The Morgan fingerprint density at radius 3 is 2.00 bits per heavy atom. The fraction of sp³-hybridized carbons (Fsp3) is 0.571. The number of halogens is 1. The van der Waals surface area contributed by atoms with Crippen molar-refractivity contribution in [2.75, 3.05) is 23.7 Å². The second-order valence-electron chi connectivity index (χ2n) is 2.15. The SMILES string of the molecule is [2H]N(CC)c1nc(Cl)nc(N([2H])CC)n1. The van der Waals surface area contributed by atoms with Crippen LogP contribution in [0.2, 0.25) is 8.11 Å². The third-order valence-corrected chi connectivity index (χ3v) is 1.35.